The minimum atomic E-state index is -0.424. The molecule has 1 aliphatic carbocycles. The van der Waals surface area contributed by atoms with Gasteiger partial charge in [-0.25, -0.2) is 4.99 Å². The zero-order valence-corrected chi connectivity index (χ0v) is 21.7. The molecule has 0 radical (unpaired) electrons. The van der Waals surface area contributed by atoms with Crippen LogP contribution in [0.5, 0.6) is 5.75 Å². The molecule has 3 N–H and O–H groups in total. The zero-order chi connectivity index (χ0) is 25.4. The minimum absolute atomic E-state index is 0.00605. The molecule has 2 heterocycles. The number of guanidine groups is 1. The van der Waals surface area contributed by atoms with Gasteiger partial charge in [0, 0.05) is 37.7 Å². The Bertz CT molecular complexity index is 987. The molecule has 2 aliphatic heterocycles. The first kappa shape index (κ1) is 25.5. The Morgan fingerprint density at radius 2 is 2.03 bits per heavy atom. The molecule has 4 atom stereocenters. The molecule has 0 spiro atoms. The normalized spacial score (nSPS) is 27.3. The van der Waals surface area contributed by atoms with Gasteiger partial charge in [-0.1, -0.05) is 32.0 Å². The zero-order valence-electron chi connectivity index (χ0n) is 21.7. The van der Waals surface area contributed by atoms with Gasteiger partial charge in [-0.2, -0.15) is 0 Å². The summed E-state index contributed by atoms with van der Waals surface area (Å²) >= 11 is 0. The average molecular weight is 485 g/mol. The van der Waals surface area contributed by atoms with E-state index in [0.717, 1.165) is 30.6 Å². The number of benzene rings is 1. The third-order valence-corrected chi connectivity index (χ3v) is 7.98. The Balaban J connectivity index is 1.50. The van der Waals surface area contributed by atoms with Crippen molar-refractivity contribution in [3.8, 4) is 5.75 Å². The van der Waals surface area contributed by atoms with Crippen molar-refractivity contribution in [3.05, 3.63) is 29.8 Å². The van der Waals surface area contributed by atoms with Gasteiger partial charge < -0.3 is 20.5 Å². The van der Waals surface area contributed by atoms with Crippen molar-refractivity contribution >= 4 is 17.8 Å². The van der Waals surface area contributed by atoms with Crippen molar-refractivity contribution < 1.29 is 19.1 Å². The van der Waals surface area contributed by atoms with E-state index in [1.807, 2.05) is 52.0 Å². The second kappa shape index (κ2) is 9.80. The first-order valence-electron chi connectivity index (χ1n) is 12.9. The smallest absolute Gasteiger partial charge is 0.231 e. The number of hydrogen-bond donors (Lipinski definition) is 2. The summed E-state index contributed by atoms with van der Waals surface area (Å²) in [6, 6.07) is 7.57. The molecule has 0 saturated heterocycles. The van der Waals surface area contributed by atoms with Crippen LogP contribution in [-0.4, -0.2) is 53.6 Å². The van der Waals surface area contributed by atoms with Crippen LogP contribution in [0.1, 0.15) is 77.8 Å². The standard InChI is InChI=1S/C27H40N4O4/c1-6-27(7-2)16-23(32)31(25(28)30-27)21(12-13-34-5)18-14-19(18)24(33)29-20-15-26(3,4)35-22-11-9-8-10-17(20)22/h8-11,18-21H,6-7,12-16H2,1-5H3,(H2,28,30)(H,29,33)/t18-,19-,20-,21?/m1/s1. The highest BCUT2D eigenvalue weighted by molar-refractivity contribution is 5.99. The number of carbonyl (C=O) groups is 2. The number of nitrogens with zero attached hydrogens (tertiary/aromatic N) is 2. The fraction of sp³-hybridized carbons (Fsp3) is 0.667. The largest absolute Gasteiger partial charge is 0.487 e. The van der Waals surface area contributed by atoms with Crippen LogP contribution in [0.4, 0.5) is 0 Å². The molecule has 35 heavy (non-hydrogen) atoms. The first-order valence-corrected chi connectivity index (χ1v) is 12.9. The molecular formula is C27H40N4O4. The summed E-state index contributed by atoms with van der Waals surface area (Å²) in [5.74, 6) is 0.968. The van der Waals surface area contributed by atoms with Gasteiger partial charge in [0.15, 0.2) is 5.96 Å². The van der Waals surface area contributed by atoms with Crippen LogP contribution < -0.4 is 15.8 Å². The molecule has 1 aromatic rings. The molecule has 1 aromatic carbocycles. The van der Waals surface area contributed by atoms with Crippen LogP contribution in [0.25, 0.3) is 0 Å². The van der Waals surface area contributed by atoms with Crippen molar-refractivity contribution in [1.29, 1.82) is 0 Å². The molecular weight excluding hydrogens is 444 g/mol. The summed E-state index contributed by atoms with van der Waals surface area (Å²) in [5.41, 5.74) is 6.60. The van der Waals surface area contributed by atoms with Crippen molar-refractivity contribution in [1.82, 2.24) is 10.2 Å². The van der Waals surface area contributed by atoms with Gasteiger partial charge in [-0.15, -0.1) is 0 Å². The van der Waals surface area contributed by atoms with E-state index in [4.69, 9.17) is 20.2 Å². The first-order chi connectivity index (χ1) is 16.6. The maximum Gasteiger partial charge on any atom is 0.231 e. The molecule has 1 saturated carbocycles. The van der Waals surface area contributed by atoms with E-state index in [9.17, 15) is 9.59 Å². The molecule has 1 unspecified atom stereocenters. The van der Waals surface area contributed by atoms with Crippen molar-refractivity contribution in [2.45, 2.75) is 89.4 Å². The molecule has 0 bridgehead atoms. The van der Waals surface area contributed by atoms with Crippen LogP contribution in [-0.2, 0) is 14.3 Å². The van der Waals surface area contributed by atoms with Gasteiger partial charge in [0.05, 0.1) is 18.0 Å². The van der Waals surface area contributed by atoms with Crippen LogP contribution in [0, 0.1) is 11.8 Å². The summed E-state index contributed by atoms with van der Waals surface area (Å²) in [6.45, 7) is 8.66. The van der Waals surface area contributed by atoms with Crippen LogP contribution in [0.15, 0.2) is 29.3 Å². The van der Waals surface area contributed by atoms with Gasteiger partial charge in [-0.05, 0) is 51.5 Å². The van der Waals surface area contributed by atoms with E-state index in [1.165, 1.54) is 0 Å². The second-order valence-electron chi connectivity index (χ2n) is 10.9. The minimum Gasteiger partial charge on any atom is -0.487 e. The van der Waals surface area contributed by atoms with Crippen LogP contribution >= 0.6 is 0 Å². The lowest BCUT2D eigenvalue weighted by atomic mass is 9.87. The number of nitrogens with one attached hydrogen (secondary N) is 1. The molecule has 2 amide bonds. The molecule has 8 heteroatoms. The van der Waals surface area contributed by atoms with Crippen molar-refractivity contribution in [2.24, 2.45) is 22.6 Å². The fourth-order valence-corrected chi connectivity index (χ4v) is 5.77. The molecule has 4 rings (SSSR count). The summed E-state index contributed by atoms with van der Waals surface area (Å²) < 4.78 is 11.5. The predicted octanol–water partition coefficient (Wildman–Crippen LogP) is 3.55. The number of methoxy groups -OCH3 is 1. The number of aliphatic imine (C=N–C) groups is 1. The van der Waals surface area contributed by atoms with E-state index in [2.05, 4.69) is 5.32 Å². The quantitative estimate of drug-likeness (QED) is 0.558. The number of nitrogens with two attached hydrogens (primary N) is 1. The van der Waals surface area contributed by atoms with Crippen LogP contribution in [0.3, 0.4) is 0 Å². The number of rotatable bonds is 9. The van der Waals surface area contributed by atoms with Gasteiger partial charge in [0.1, 0.15) is 11.4 Å². The third kappa shape index (κ3) is 5.17. The summed E-state index contributed by atoms with van der Waals surface area (Å²) in [7, 11) is 1.65. The molecule has 0 aromatic heterocycles. The summed E-state index contributed by atoms with van der Waals surface area (Å²) in [5, 5.41) is 3.28. The molecule has 8 nitrogen and oxygen atoms in total. The van der Waals surface area contributed by atoms with Gasteiger partial charge in [0.25, 0.3) is 0 Å². The van der Waals surface area contributed by atoms with Gasteiger partial charge >= 0.3 is 0 Å². The third-order valence-electron chi connectivity index (χ3n) is 7.98. The molecule has 1 fully saturated rings. The second-order valence-corrected chi connectivity index (χ2v) is 10.9. The maximum absolute atomic E-state index is 13.4. The number of carbonyl (C=O) groups excluding carboxylic acids is 2. The summed E-state index contributed by atoms with van der Waals surface area (Å²) in [4.78, 5) is 33.1. The highest BCUT2D eigenvalue weighted by Gasteiger charge is 2.53. The lowest BCUT2D eigenvalue weighted by molar-refractivity contribution is -0.133. The number of fused-ring (bicyclic) bond motifs is 1. The molecule has 3 aliphatic rings. The van der Waals surface area contributed by atoms with Crippen molar-refractivity contribution in [2.75, 3.05) is 13.7 Å². The highest BCUT2D eigenvalue weighted by atomic mass is 16.5. The van der Waals surface area contributed by atoms with E-state index in [1.54, 1.807) is 12.0 Å². The number of hydrogen-bond acceptors (Lipinski definition) is 6. The maximum atomic E-state index is 13.4. The van der Waals surface area contributed by atoms with Crippen LogP contribution in [0.2, 0.25) is 0 Å². The Kier molecular flexibility index (Phi) is 7.13. The van der Waals surface area contributed by atoms with E-state index in [-0.39, 0.29) is 47.3 Å². The average Bonchev–Trinajstić information content (AvgIpc) is 3.60. The number of amides is 2. The Morgan fingerprint density at radius 3 is 2.69 bits per heavy atom. The Labute approximate surface area is 208 Å². The number of para-hydroxylation sites is 1. The van der Waals surface area contributed by atoms with Gasteiger partial charge in [0.2, 0.25) is 11.8 Å². The topological polar surface area (TPSA) is 106 Å². The number of ether oxygens (including phenoxy) is 2. The monoisotopic (exact) mass is 484 g/mol. The summed E-state index contributed by atoms with van der Waals surface area (Å²) in [6.07, 6.45) is 3.92. The SMILES string of the molecule is CCC1(CC)CC(=O)N(C(CCOC)[C@@H]2C[C@H]2C(=O)N[C@@H]2CC(C)(C)Oc3ccccc32)C(N)=N1. The van der Waals surface area contributed by atoms with E-state index in [0.29, 0.717) is 25.9 Å². The highest BCUT2D eigenvalue weighted by Crippen LogP contribution is 2.47. The van der Waals surface area contributed by atoms with Gasteiger partial charge in [-0.3, -0.25) is 14.5 Å². The lowest BCUT2D eigenvalue weighted by Crippen LogP contribution is -2.56. The fourth-order valence-electron chi connectivity index (χ4n) is 5.77. The van der Waals surface area contributed by atoms with E-state index < -0.39 is 5.54 Å². The predicted molar refractivity (Wildman–Crippen MR) is 135 cm³/mol. The van der Waals surface area contributed by atoms with E-state index >= 15 is 0 Å². The Hall–Kier alpha value is -2.61. The molecule has 192 valence electrons. The van der Waals surface area contributed by atoms with Crippen molar-refractivity contribution in [3.63, 3.8) is 0 Å². The Morgan fingerprint density at radius 1 is 1.31 bits per heavy atom. The lowest BCUT2D eigenvalue weighted by Gasteiger charge is -2.40.